The van der Waals surface area contributed by atoms with Gasteiger partial charge in [-0.15, -0.1) is 6.58 Å². The lowest BCUT2D eigenvalue weighted by Crippen LogP contribution is -2.69. The van der Waals surface area contributed by atoms with Gasteiger partial charge in [-0.25, -0.2) is 9.59 Å². The highest BCUT2D eigenvalue weighted by Gasteiger charge is 2.65. The molecule has 2 aromatic rings. The van der Waals surface area contributed by atoms with Crippen molar-refractivity contribution in [2.45, 2.75) is 147 Å². The normalized spacial score (nSPS) is 22.3. The summed E-state index contributed by atoms with van der Waals surface area (Å²) >= 11 is 0. The number of aliphatic hydroxyl groups excluding tert-OH is 2. The highest BCUT2D eigenvalue weighted by molar-refractivity contribution is 6.03. The third-order valence-electron chi connectivity index (χ3n) is 13.2. The molecule has 1 fully saturated rings. The predicted molar refractivity (Wildman–Crippen MR) is 253 cm³/mol. The summed E-state index contributed by atoms with van der Waals surface area (Å²) in [7, 11) is 1.70. The molecule has 0 spiro atoms. The fourth-order valence-corrected chi connectivity index (χ4v) is 9.96. The van der Waals surface area contributed by atoms with Crippen molar-refractivity contribution < 1.29 is 48.5 Å². The van der Waals surface area contributed by atoms with Gasteiger partial charge in [-0.2, -0.15) is 0 Å². The third-order valence-corrected chi connectivity index (χ3v) is 13.2. The molecule has 364 valence electrons. The smallest absolute Gasteiger partial charge is 0.412 e. The second kappa shape index (κ2) is 27.0. The number of carbonyl (C=O) groups excluding carboxylic acids is 2. The first-order valence-corrected chi connectivity index (χ1v) is 24.4. The van der Waals surface area contributed by atoms with Gasteiger partial charge in [0.25, 0.3) is 5.69 Å². The maximum absolute atomic E-state index is 14.2. The molecule has 2 aromatic carbocycles. The van der Waals surface area contributed by atoms with Gasteiger partial charge >= 0.3 is 12.2 Å². The number of nitro benzene ring substituents is 1. The molecule has 2 amide bonds. The van der Waals surface area contributed by atoms with Crippen molar-refractivity contribution in [2.24, 2.45) is 22.9 Å². The molecule has 1 aliphatic heterocycles. The number of non-ortho nitro benzene ring substituents is 1. The second-order valence-corrected chi connectivity index (χ2v) is 17.8. The van der Waals surface area contributed by atoms with Crippen LogP contribution in [0.3, 0.4) is 0 Å². The summed E-state index contributed by atoms with van der Waals surface area (Å²) in [4.78, 5) is 45.5. The van der Waals surface area contributed by atoms with E-state index in [4.69, 9.17) is 28.9 Å². The van der Waals surface area contributed by atoms with E-state index >= 15 is 0 Å². The average Bonchev–Trinajstić information content (AvgIpc) is 3.31. The van der Waals surface area contributed by atoms with Gasteiger partial charge in [0, 0.05) is 56.8 Å². The summed E-state index contributed by atoms with van der Waals surface area (Å²) in [5, 5.41) is 38.6. The molecule has 0 radical (unpaired) electrons. The average molecular weight is 919 g/mol. The van der Waals surface area contributed by atoms with Crippen molar-refractivity contribution in [1.29, 1.82) is 0 Å². The van der Waals surface area contributed by atoms with E-state index in [1.54, 1.807) is 42.3 Å². The second-order valence-electron chi connectivity index (χ2n) is 17.8. The van der Waals surface area contributed by atoms with E-state index in [2.05, 4.69) is 24.9 Å². The van der Waals surface area contributed by atoms with E-state index in [9.17, 15) is 29.9 Å². The molecule has 15 nitrogen and oxygen atoms in total. The Morgan fingerprint density at radius 3 is 2.29 bits per heavy atom. The zero-order valence-corrected chi connectivity index (χ0v) is 39.5. The SMILES string of the molecule is C=CCO[C@@]12Oc3ccc(OC(=O)NCC)cc3[C@H]3[C@H](CCCCO)[C@@H](CCCCO)C=C(C(=NOCc4ccc([N+](=O)[O-])cc4)C[C@@H]1N(C)C(=O)OCCCCCCCCCCCC)[C@H]32. The highest BCUT2D eigenvalue weighted by atomic mass is 16.7. The van der Waals surface area contributed by atoms with Crippen molar-refractivity contribution in [3.05, 3.63) is 88.0 Å². The van der Waals surface area contributed by atoms with Gasteiger partial charge in [0.1, 0.15) is 24.1 Å². The number of unbranched alkanes of at least 4 members (excludes halogenated alkanes) is 11. The molecule has 0 unspecified atom stereocenters. The van der Waals surface area contributed by atoms with Crippen LogP contribution in [0.1, 0.15) is 140 Å². The van der Waals surface area contributed by atoms with Gasteiger partial charge < -0.3 is 44.2 Å². The van der Waals surface area contributed by atoms with Crippen LogP contribution >= 0.6 is 0 Å². The van der Waals surface area contributed by atoms with E-state index in [-0.39, 0.29) is 62.9 Å². The number of fused-ring (bicyclic) bond motifs is 2. The van der Waals surface area contributed by atoms with E-state index in [1.807, 2.05) is 13.0 Å². The topological polar surface area (TPSA) is 192 Å². The Bertz CT molecular complexity index is 1920. The molecule has 0 saturated heterocycles. The number of hydrogen-bond acceptors (Lipinski definition) is 12. The van der Waals surface area contributed by atoms with Crippen LogP contribution in [-0.2, 0) is 20.9 Å². The summed E-state index contributed by atoms with van der Waals surface area (Å²) < 4.78 is 25.9. The fraction of sp³-hybridized carbons (Fsp3) is 0.627. The number of carbonyl (C=O) groups is 2. The molecule has 3 N–H and O–H groups in total. The minimum absolute atomic E-state index is 0.0114. The number of likely N-dealkylation sites (N-methyl/N-ethyl adjacent to an activating group) is 1. The number of oxime groups is 1. The summed E-state index contributed by atoms with van der Waals surface area (Å²) in [5.74, 6) is -1.56. The molecule has 2 aliphatic carbocycles. The minimum atomic E-state index is -1.48. The van der Waals surface area contributed by atoms with Gasteiger partial charge in [-0.3, -0.25) is 10.1 Å². The molecular formula is C51H74N4O11. The van der Waals surface area contributed by atoms with Crippen molar-refractivity contribution >= 4 is 23.6 Å². The van der Waals surface area contributed by atoms with Gasteiger partial charge in [-0.1, -0.05) is 94.9 Å². The first kappa shape index (κ1) is 52.0. The Morgan fingerprint density at radius 2 is 1.64 bits per heavy atom. The summed E-state index contributed by atoms with van der Waals surface area (Å²) in [6, 6.07) is 10.7. The molecule has 66 heavy (non-hydrogen) atoms. The number of nitrogens with one attached hydrogen (secondary N) is 1. The number of allylic oxidation sites excluding steroid dienone is 1. The number of rotatable bonds is 29. The lowest BCUT2D eigenvalue weighted by Gasteiger charge is -2.59. The van der Waals surface area contributed by atoms with Crippen molar-refractivity contribution in [2.75, 3.05) is 40.0 Å². The van der Waals surface area contributed by atoms with Gasteiger partial charge in [0.2, 0.25) is 5.79 Å². The van der Waals surface area contributed by atoms with Crippen molar-refractivity contribution in [3.8, 4) is 11.5 Å². The molecule has 0 aromatic heterocycles. The Morgan fingerprint density at radius 1 is 0.955 bits per heavy atom. The van der Waals surface area contributed by atoms with Gasteiger partial charge in [-0.05, 0) is 92.3 Å². The Kier molecular flexibility index (Phi) is 21.2. The largest absolute Gasteiger partial charge is 0.459 e. The van der Waals surface area contributed by atoms with Crippen LogP contribution in [0.2, 0.25) is 0 Å². The van der Waals surface area contributed by atoms with Crippen molar-refractivity contribution in [3.63, 3.8) is 0 Å². The minimum Gasteiger partial charge on any atom is -0.459 e. The molecule has 1 saturated carbocycles. The molecule has 6 atom stereocenters. The van der Waals surface area contributed by atoms with Crippen LogP contribution in [0.15, 0.2) is 71.9 Å². The monoisotopic (exact) mass is 919 g/mol. The van der Waals surface area contributed by atoms with Crippen molar-refractivity contribution in [1.82, 2.24) is 10.2 Å². The summed E-state index contributed by atoms with van der Waals surface area (Å²) in [6.45, 7) is 8.93. The van der Waals surface area contributed by atoms with E-state index in [0.29, 0.717) is 42.2 Å². The summed E-state index contributed by atoms with van der Waals surface area (Å²) in [6.07, 6.45) is 18.7. The number of nitro groups is 1. The zero-order valence-electron chi connectivity index (χ0n) is 39.5. The van der Waals surface area contributed by atoms with Gasteiger partial charge in [0.05, 0.1) is 29.8 Å². The molecule has 15 heteroatoms. The summed E-state index contributed by atoms with van der Waals surface area (Å²) in [5.41, 5.74) is 2.89. The Labute approximate surface area is 391 Å². The number of amides is 2. The number of nitrogens with zero attached hydrogens (tertiary/aromatic N) is 3. The maximum Gasteiger partial charge on any atom is 0.412 e. The van der Waals surface area contributed by atoms with Crippen LogP contribution in [0, 0.1) is 27.9 Å². The molecular weight excluding hydrogens is 845 g/mol. The lowest BCUT2D eigenvalue weighted by atomic mass is 9.55. The van der Waals surface area contributed by atoms with Crippen LogP contribution in [0.5, 0.6) is 11.5 Å². The quantitative estimate of drug-likeness (QED) is 0.0304. The lowest BCUT2D eigenvalue weighted by molar-refractivity contribution is -0.384. The zero-order chi connectivity index (χ0) is 47.3. The van der Waals surface area contributed by atoms with Gasteiger partial charge in [0.15, 0.2) is 0 Å². The predicted octanol–water partition coefficient (Wildman–Crippen LogP) is 10.5. The molecule has 3 aliphatic rings. The fourth-order valence-electron chi connectivity index (χ4n) is 9.96. The first-order chi connectivity index (χ1) is 32.1. The van der Waals surface area contributed by atoms with E-state index in [0.717, 1.165) is 56.1 Å². The number of hydrogen-bond donors (Lipinski definition) is 3. The molecule has 1 heterocycles. The van der Waals surface area contributed by atoms with Crippen LogP contribution in [0.4, 0.5) is 15.3 Å². The third kappa shape index (κ3) is 13.8. The van der Waals surface area contributed by atoms with Crippen LogP contribution in [-0.4, -0.2) is 89.8 Å². The standard InChI is InChI=1S/C51H74N4O11/c1-5-8-9-10-11-12-13-14-15-20-32-62-50(59)54(4)46-35-44(53-64-36-37-23-25-39(26-24-37)55(60)61)42-33-38(21-16-18-29-56)41(22-17-19-30-57)47-43-34-40(65-49(58)52-7-3)27-28-45(43)66-51(46,48(42)47)63-31-6-2/h6,23-28,33-34,38,41,46-48,56-57H,2,5,7-22,29-32,35-36H2,1,3-4H3,(H,52,58)/t38-,41+,46-,47+,48+,51+/m0/s1. The molecule has 0 bridgehead atoms. The Balaban J connectivity index is 1.56. The highest BCUT2D eigenvalue weighted by Crippen LogP contribution is 2.62. The number of benzene rings is 2. The maximum atomic E-state index is 14.2. The first-order valence-electron chi connectivity index (χ1n) is 24.4. The molecule has 5 rings (SSSR count). The van der Waals surface area contributed by atoms with Crippen LogP contribution < -0.4 is 14.8 Å². The van der Waals surface area contributed by atoms with E-state index < -0.39 is 34.9 Å². The van der Waals surface area contributed by atoms with Crippen LogP contribution in [0.25, 0.3) is 0 Å². The Hall–Kier alpha value is -4.99. The number of ether oxygens (including phenoxy) is 4. The van der Waals surface area contributed by atoms with E-state index in [1.165, 1.54) is 57.1 Å². The number of aliphatic hydroxyl groups is 2.